The molecule has 0 saturated carbocycles. The summed E-state index contributed by atoms with van der Waals surface area (Å²) in [4.78, 5) is 42.4. The number of nitrogens with two attached hydrogens (primary N) is 1. The maximum Gasteiger partial charge on any atom is 0.408 e. The minimum absolute atomic E-state index is 0.229. The number of benzene rings is 2. The van der Waals surface area contributed by atoms with Crippen LogP contribution in [0.2, 0.25) is 5.02 Å². The number of hydrogen-bond donors (Lipinski definition) is 2. The van der Waals surface area contributed by atoms with Crippen LogP contribution in [-0.2, 0) is 4.74 Å². The standard InChI is InChI=1S/C23H25ClN4O4/c1-5-16(27-22(31)32-23(2,3)4)20-26-17-11-7-10-15(24)18(17)21(30)28(20)14-9-6-8-13(12-14)19(25)29/h6-12,16H,5H2,1-4H3,(H2,25,29)(H,27,31)/t16-/m0/s1. The zero-order valence-electron chi connectivity index (χ0n) is 18.3. The Morgan fingerprint density at radius 1 is 1.22 bits per heavy atom. The Bertz CT molecular complexity index is 1250. The summed E-state index contributed by atoms with van der Waals surface area (Å²) in [6, 6.07) is 10.6. The molecule has 0 fully saturated rings. The van der Waals surface area contributed by atoms with E-state index in [4.69, 9.17) is 22.1 Å². The molecule has 8 nitrogen and oxygen atoms in total. The summed E-state index contributed by atoms with van der Waals surface area (Å²) in [7, 11) is 0. The number of nitrogens with zero attached hydrogens (tertiary/aromatic N) is 2. The first-order chi connectivity index (χ1) is 15.0. The lowest BCUT2D eigenvalue weighted by Crippen LogP contribution is -2.37. The number of ether oxygens (including phenoxy) is 1. The third-order valence-corrected chi connectivity index (χ3v) is 4.99. The zero-order valence-corrected chi connectivity index (χ0v) is 19.1. The number of rotatable bonds is 5. The number of amides is 2. The summed E-state index contributed by atoms with van der Waals surface area (Å²) >= 11 is 6.31. The molecule has 3 N–H and O–H groups in total. The average Bonchev–Trinajstić information content (AvgIpc) is 2.70. The van der Waals surface area contributed by atoms with Crippen LogP contribution in [0.25, 0.3) is 16.6 Å². The van der Waals surface area contributed by atoms with Crippen LogP contribution in [0.1, 0.15) is 56.3 Å². The number of fused-ring (bicyclic) bond motifs is 1. The maximum absolute atomic E-state index is 13.6. The van der Waals surface area contributed by atoms with Gasteiger partial charge in [0.05, 0.1) is 27.7 Å². The van der Waals surface area contributed by atoms with Crippen molar-refractivity contribution in [2.24, 2.45) is 5.73 Å². The molecule has 0 saturated heterocycles. The zero-order chi connectivity index (χ0) is 23.6. The second-order valence-corrected chi connectivity index (χ2v) is 8.67. The van der Waals surface area contributed by atoms with Crippen molar-refractivity contribution in [2.75, 3.05) is 0 Å². The molecule has 0 aliphatic carbocycles. The van der Waals surface area contributed by atoms with E-state index in [1.165, 1.54) is 10.6 Å². The molecule has 9 heteroatoms. The molecular formula is C23H25ClN4O4. The monoisotopic (exact) mass is 456 g/mol. The highest BCUT2D eigenvalue weighted by Crippen LogP contribution is 2.25. The van der Waals surface area contributed by atoms with E-state index in [0.29, 0.717) is 17.6 Å². The van der Waals surface area contributed by atoms with Gasteiger partial charge < -0.3 is 15.8 Å². The van der Waals surface area contributed by atoms with Gasteiger partial charge in [-0.2, -0.15) is 0 Å². The SMILES string of the molecule is CC[C@H](NC(=O)OC(C)(C)C)c1nc2cccc(Cl)c2c(=O)n1-c1cccc(C(N)=O)c1. The average molecular weight is 457 g/mol. The van der Waals surface area contributed by atoms with Gasteiger partial charge in [0, 0.05) is 5.56 Å². The van der Waals surface area contributed by atoms with Crippen molar-refractivity contribution in [3.8, 4) is 5.69 Å². The van der Waals surface area contributed by atoms with Crippen molar-refractivity contribution in [1.82, 2.24) is 14.9 Å². The van der Waals surface area contributed by atoms with E-state index in [1.54, 1.807) is 57.2 Å². The van der Waals surface area contributed by atoms with Gasteiger partial charge in [-0.05, 0) is 57.5 Å². The molecule has 2 amide bonds. The van der Waals surface area contributed by atoms with Crippen LogP contribution in [0.15, 0.2) is 47.3 Å². The molecule has 0 aliphatic heterocycles. The second-order valence-electron chi connectivity index (χ2n) is 8.27. The molecule has 32 heavy (non-hydrogen) atoms. The molecule has 3 rings (SSSR count). The molecule has 0 spiro atoms. The largest absolute Gasteiger partial charge is 0.444 e. The maximum atomic E-state index is 13.6. The number of alkyl carbamates (subject to hydrolysis) is 1. The van der Waals surface area contributed by atoms with Crippen molar-refractivity contribution in [3.05, 3.63) is 69.2 Å². The normalized spacial score (nSPS) is 12.4. The van der Waals surface area contributed by atoms with Crippen molar-refractivity contribution in [1.29, 1.82) is 0 Å². The first-order valence-corrected chi connectivity index (χ1v) is 10.5. The molecule has 1 heterocycles. The third-order valence-electron chi connectivity index (χ3n) is 4.67. The summed E-state index contributed by atoms with van der Waals surface area (Å²) < 4.78 is 6.72. The molecule has 0 unspecified atom stereocenters. The molecule has 0 bridgehead atoms. The highest BCUT2D eigenvalue weighted by molar-refractivity contribution is 6.35. The van der Waals surface area contributed by atoms with E-state index in [9.17, 15) is 14.4 Å². The summed E-state index contributed by atoms with van der Waals surface area (Å²) in [5.41, 5.74) is 5.30. The predicted octanol–water partition coefficient (Wildman–Crippen LogP) is 4.11. The molecule has 0 radical (unpaired) electrons. The van der Waals surface area contributed by atoms with Crippen LogP contribution in [0.3, 0.4) is 0 Å². The molecule has 2 aromatic carbocycles. The number of hydrogen-bond acceptors (Lipinski definition) is 5. The van der Waals surface area contributed by atoms with E-state index in [1.807, 2.05) is 6.92 Å². The van der Waals surface area contributed by atoms with Gasteiger partial charge in [-0.3, -0.25) is 14.2 Å². The fourth-order valence-electron chi connectivity index (χ4n) is 3.29. The van der Waals surface area contributed by atoms with Crippen molar-refractivity contribution in [2.45, 2.75) is 45.8 Å². The van der Waals surface area contributed by atoms with E-state index >= 15 is 0 Å². The molecule has 1 atom stereocenters. The van der Waals surface area contributed by atoms with E-state index in [0.717, 1.165) is 0 Å². The quantitative estimate of drug-likeness (QED) is 0.599. The lowest BCUT2D eigenvalue weighted by Gasteiger charge is -2.25. The molecular weight excluding hydrogens is 432 g/mol. The minimum atomic E-state index is -0.692. The van der Waals surface area contributed by atoms with Crippen LogP contribution in [0.4, 0.5) is 4.79 Å². The van der Waals surface area contributed by atoms with Gasteiger partial charge in [0.1, 0.15) is 11.4 Å². The van der Waals surface area contributed by atoms with Gasteiger partial charge in [0.2, 0.25) is 5.91 Å². The van der Waals surface area contributed by atoms with Crippen LogP contribution in [0.5, 0.6) is 0 Å². The van der Waals surface area contributed by atoms with Crippen LogP contribution >= 0.6 is 11.6 Å². The van der Waals surface area contributed by atoms with Crippen LogP contribution in [0, 0.1) is 0 Å². The fraction of sp³-hybridized carbons (Fsp3) is 0.304. The topological polar surface area (TPSA) is 116 Å². The number of aromatic nitrogens is 2. The van der Waals surface area contributed by atoms with Crippen molar-refractivity contribution < 1.29 is 14.3 Å². The van der Waals surface area contributed by atoms with Gasteiger partial charge in [0.15, 0.2) is 0 Å². The highest BCUT2D eigenvalue weighted by Gasteiger charge is 2.25. The van der Waals surface area contributed by atoms with E-state index in [-0.39, 0.29) is 21.8 Å². The number of halogens is 1. The number of primary amides is 1. The van der Waals surface area contributed by atoms with Gasteiger partial charge in [-0.1, -0.05) is 30.7 Å². The third kappa shape index (κ3) is 4.91. The van der Waals surface area contributed by atoms with Gasteiger partial charge in [-0.15, -0.1) is 0 Å². The summed E-state index contributed by atoms with van der Waals surface area (Å²) in [6.45, 7) is 7.12. The first-order valence-electron chi connectivity index (χ1n) is 10.1. The Balaban J connectivity index is 2.25. The lowest BCUT2D eigenvalue weighted by molar-refractivity contribution is 0.0499. The Morgan fingerprint density at radius 2 is 1.91 bits per heavy atom. The second kappa shape index (κ2) is 9.00. The Kier molecular flexibility index (Phi) is 6.55. The van der Waals surface area contributed by atoms with E-state index in [2.05, 4.69) is 10.3 Å². The van der Waals surface area contributed by atoms with Crippen LogP contribution in [-0.4, -0.2) is 27.2 Å². The first kappa shape index (κ1) is 23.3. The van der Waals surface area contributed by atoms with Gasteiger partial charge in [-0.25, -0.2) is 9.78 Å². The summed E-state index contributed by atoms with van der Waals surface area (Å²) in [5.74, 6) is -0.355. The van der Waals surface area contributed by atoms with Crippen molar-refractivity contribution in [3.63, 3.8) is 0 Å². The highest BCUT2D eigenvalue weighted by atomic mass is 35.5. The Hall–Kier alpha value is -3.39. The minimum Gasteiger partial charge on any atom is -0.444 e. The number of nitrogens with one attached hydrogen (secondary N) is 1. The van der Waals surface area contributed by atoms with Gasteiger partial charge in [0.25, 0.3) is 5.56 Å². The Morgan fingerprint density at radius 3 is 2.53 bits per heavy atom. The summed E-state index contributed by atoms with van der Waals surface area (Å²) in [5, 5.41) is 3.27. The summed E-state index contributed by atoms with van der Waals surface area (Å²) in [6.07, 6.45) is -0.213. The van der Waals surface area contributed by atoms with Crippen LogP contribution < -0.4 is 16.6 Å². The molecule has 1 aromatic heterocycles. The number of carbonyl (C=O) groups is 2. The van der Waals surface area contributed by atoms with Crippen molar-refractivity contribution >= 4 is 34.5 Å². The van der Waals surface area contributed by atoms with E-state index < -0.39 is 29.2 Å². The smallest absolute Gasteiger partial charge is 0.408 e. The van der Waals surface area contributed by atoms with Gasteiger partial charge >= 0.3 is 6.09 Å². The lowest BCUT2D eigenvalue weighted by atomic mass is 10.1. The molecule has 0 aliphatic rings. The molecule has 3 aromatic rings. The molecule has 168 valence electrons. The fourth-order valence-corrected chi connectivity index (χ4v) is 3.54. The number of carbonyl (C=O) groups excluding carboxylic acids is 2. The predicted molar refractivity (Wildman–Crippen MR) is 123 cm³/mol. The Labute approximate surface area is 190 Å².